The van der Waals surface area contributed by atoms with E-state index >= 15 is 0 Å². The normalized spacial score (nSPS) is 16.9. The molecule has 1 amide bonds. The van der Waals surface area contributed by atoms with Gasteiger partial charge < -0.3 is 10.6 Å². The summed E-state index contributed by atoms with van der Waals surface area (Å²) in [7, 11) is 0. The Morgan fingerprint density at radius 3 is 2.71 bits per heavy atom. The fourth-order valence-corrected chi connectivity index (χ4v) is 2.51. The third-order valence-corrected chi connectivity index (χ3v) is 3.94. The molecule has 2 N–H and O–H groups in total. The molecule has 118 valence electrons. The van der Waals surface area contributed by atoms with Crippen molar-refractivity contribution in [1.29, 1.82) is 0 Å². The van der Waals surface area contributed by atoms with E-state index in [4.69, 9.17) is 0 Å². The Balaban J connectivity index is 0.00000220. The number of hydrogen-bond acceptors (Lipinski definition) is 2. The summed E-state index contributed by atoms with van der Waals surface area (Å²) >= 11 is 0. The molecule has 1 saturated heterocycles. The van der Waals surface area contributed by atoms with E-state index in [9.17, 15) is 9.18 Å². The van der Waals surface area contributed by atoms with Crippen LogP contribution >= 0.6 is 12.4 Å². The van der Waals surface area contributed by atoms with E-state index in [2.05, 4.69) is 10.6 Å². The fraction of sp³-hybridized carbons (Fsp3) is 0.562. The zero-order valence-corrected chi connectivity index (χ0v) is 13.2. The van der Waals surface area contributed by atoms with Crippen molar-refractivity contribution in [2.75, 3.05) is 13.1 Å². The van der Waals surface area contributed by atoms with Crippen molar-refractivity contribution < 1.29 is 9.18 Å². The quantitative estimate of drug-likeness (QED) is 0.877. The summed E-state index contributed by atoms with van der Waals surface area (Å²) in [6.07, 6.45) is 3.27. The third-order valence-electron chi connectivity index (χ3n) is 3.94. The Kier molecular flexibility index (Phi) is 7.68. The predicted molar refractivity (Wildman–Crippen MR) is 85.2 cm³/mol. The standard InChI is InChI=1S/C16H23FN2O.ClH/c1-12(6-7-13-4-2-3-5-15(13)17)16(20)19-14-8-10-18-11-9-14;/h2-5,12,14,18H,6-11H2,1H3,(H,19,20);1H. The van der Waals surface area contributed by atoms with Crippen molar-refractivity contribution in [2.24, 2.45) is 5.92 Å². The van der Waals surface area contributed by atoms with Gasteiger partial charge in [0.2, 0.25) is 5.91 Å². The summed E-state index contributed by atoms with van der Waals surface area (Å²) in [5, 5.41) is 6.37. The molecular weight excluding hydrogens is 291 g/mol. The molecule has 0 bridgehead atoms. The Hall–Kier alpha value is -1.13. The summed E-state index contributed by atoms with van der Waals surface area (Å²) in [5.74, 6) is -0.170. The molecular formula is C16H24ClFN2O. The van der Waals surface area contributed by atoms with Gasteiger partial charge in [0, 0.05) is 12.0 Å². The second-order valence-electron chi connectivity index (χ2n) is 5.56. The molecule has 3 nitrogen and oxygen atoms in total. The van der Waals surface area contributed by atoms with Crippen LogP contribution in [0.4, 0.5) is 4.39 Å². The van der Waals surface area contributed by atoms with E-state index in [1.54, 1.807) is 12.1 Å². The molecule has 0 saturated carbocycles. The number of nitrogens with one attached hydrogen (secondary N) is 2. The molecule has 2 rings (SSSR count). The van der Waals surface area contributed by atoms with Gasteiger partial charge in [0.15, 0.2) is 0 Å². The van der Waals surface area contributed by atoms with Crippen LogP contribution in [0.15, 0.2) is 24.3 Å². The van der Waals surface area contributed by atoms with Gasteiger partial charge in [-0.2, -0.15) is 0 Å². The molecule has 0 aliphatic carbocycles. The van der Waals surface area contributed by atoms with E-state index in [1.807, 2.05) is 13.0 Å². The fourth-order valence-electron chi connectivity index (χ4n) is 2.51. The van der Waals surface area contributed by atoms with E-state index in [1.165, 1.54) is 6.07 Å². The lowest BCUT2D eigenvalue weighted by Gasteiger charge is -2.25. The average Bonchev–Trinajstić information content (AvgIpc) is 2.47. The molecule has 0 aromatic heterocycles. The van der Waals surface area contributed by atoms with Gasteiger partial charge in [0.1, 0.15) is 5.82 Å². The highest BCUT2D eigenvalue weighted by molar-refractivity contribution is 5.85. The molecule has 1 aliphatic rings. The number of rotatable bonds is 5. The number of piperidine rings is 1. The van der Waals surface area contributed by atoms with Crippen molar-refractivity contribution in [3.05, 3.63) is 35.6 Å². The van der Waals surface area contributed by atoms with Gasteiger partial charge in [-0.05, 0) is 50.4 Å². The van der Waals surface area contributed by atoms with E-state index < -0.39 is 0 Å². The number of amides is 1. The number of hydrogen-bond donors (Lipinski definition) is 2. The van der Waals surface area contributed by atoms with Gasteiger partial charge in [-0.3, -0.25) is 4.79 Å². The van der Waals surface area contributed by atoms with Gasteiger partial charge >= 0.3 is 0 Å². The maximum Gasteiger partial charge on any atom is 0.223 e. The number of aryl methyl sites for hydroxylation is 1. The Morgan fingerprint density at radius 1 is 1.38 bits per heavy atom. The lowest BCUT2D eigenvalue weighted by atomic mass is 9.98. The second-order valence-corrected chi connectivity index (χ2v) is 5.56. The average molecular weight is 315 g/mol. The van der Waals surface area contributed by atoms with Gasteiger partial charge in [-0.25, -0.2) is 4.39 Å². The summed E-state index contributed by atoms with van der Waals surface area (Å²) in [6, 6.07) is 7.06. The van der Waals surface area contributed by atoms with E-state index in [-0.39, 0.29) is 30.0 Å². The van der Waals surface area contributed by atoms with Gasteiger partial charge in [-0.1, -0.05) is 25.1 Å². The molecule has 1 atom stereocenters. The predicted octanol–water partition coefficient (Wildman–Crippen LogP) is 2.68. The maximum atomic E-state index is 13.5. The molecule has 1 aromatic rings. The molecule has 21 heavy (non-hydrogen) atoms. The van der Waals surface area contributed by atoms with Crippen LogP contribution in [0.5, 0.6) is 0 Å². The van der Waals surface area contributed by atoms with E-state index in [0.717, 1.165) is 25.9 Å². The van der Waals surface area contributed by atoms with Crippen LogP contribution in [0.3, 0.4) is 0 Å². The monoisotopic (exact) mass is 314 g/mol. The minimum Gasteiger partial charge on any atom is -0.353 e. The van der Waals surface area contributed by atoms with Crippen LogP contribution < -0.4 is 10.6 Å². The van der Waals surface area contributed by atoms with Gasteiger partial charge in [-0.15, -0.1) is 12.4 Å². The molecule has 0 radical (unpaired) electrons. The number of carbonyl (C=O) groups is 1. The lowest BCUT2D eigenvalue weighted by molar-refractivity contribution is -0.125. The maximum absolute atomic E-state index is 13.5. The van der Waals surface area contributed by atoms with Crippen LogP contribution in [0, 0.1) is 11.7 Å². The largest absolute Gasteiger partial charge is 0.353 e. The molecule has 0 spiro atoms. The van der Waals surface area contributed by atoms with Crippen molar-refractivity contribution in [3.63, 3.8) is 0 Å². The number of benzene rings is 1. The molecule has 1 aromatic carbocycles. The summed E-state index contributed by atoms with van der Waals surface area (Å²) in [4.78, 5) is 12.1. The van der Waals surface area contributed by atoms with Crippen molar-refractivity contribution in [2.45, 2.75) is 38.6 Å². The topological polar surface area (TPSA) is 41.1 Å². The third kappa shape index (κ3) is 5.64. The first-order valence-corrected chi connectivity index (χ1v) is 7.41. The zero-order chi connectivity index (χ0) is 14.4. The first-order valence-electron chi connectivity index (χ1n) is 7.41. The van der Waals surface area contributed by atoms with Gasteiger partial charge in [0.05, 0.1) is 0 Å². The highest BCUT2D eigenvalue weighted by Gasteiger charge is 2.19. The van der Waals surface area contributed by atoms with Crippen LogP contribution in [0.1, 0.15) is 31.7 Å². The van der Waals surface area contributed by atoms with Crippen LogP contribution in [0.25, 0.3) is 0 Å². The first kappa shape index (κ1) is 17.9. The Bertz CT molecular complexity index is 450. The molecule has 1 fully saturated rings. The zero-order valence-electron chi connectivity index (χ0n) is 12.4. The SMILES string of the molecule is CC(CCc1ccccc1F)C(=O)NC1CCNCC1.Cl. The first-order chi connectivity index (χ1) is 9.66. The van der Waals surface area contributed by atoms with Crippen LogP contribution in [-0.2, 0) is 11.2 Å². The minimum atomic E-state index is -0.182. The molecule has 5 heteroatoms. The summed E-state index contributed by atoms with van der Waals surface area (Å²) in [5.41, 5.74) is 0.689. The number of carbonyl (C=O) groups excluding carboxylic acids is 1. The van der Waals surface area contributed by atoms with Crippen molar-refractivity contribution in [1.82, 2.24) is 10.6 Å². The van der Waals surface area contributed by atoms with Crippen LogP contribution in [-0.4, -0.2) is 25.0 Å². The van der Waals surface area contributed by atoms with Crippen molar-refractivity contribution in [3.8, 4) is 0 Å². The molecule has 1 heterocycles. The summed E-state index contributed by atoms with van der Waals surface area (Å²) in [6.45, 7) is 3.85. The Labute approximate surface area is 132 Å². The molecule has 1 aliphatic heterocycles. The smallest absolute Gasteiger partial charge is 0.223 e. The minimum absolute atomic E-state index is 0. The number of halogens is 2. The second kappa shape index (κ2) is 9.00. The Morgan fingerprint density at radius 2 is 2.05 bits per heavy atom. The highest BCUT2D eigenvalue weighted by atomic mass is 35.5. The van der Waals surface area contributed by atoms with Crippen LogP contribution in [0.2, 0.25) is 0 Å². The molecule has 1 unspecified atom stereocenters. The van der Waals surface area contributed by atoms with Gasteiger partial charge in [0.25, 0.3) is 0 Å². The summed E-state index contributed by atoms with van der Waals surface area (Å²) < 4.78 is 13.5. The highest BCUT2D eigenvalue weighted by Crippen LogP contribution is 2.14. The van der Waals surface area contributed by atoms with E-state index in [0.29, 0.717) is 24.4 Å². The van der Waals surface area contributed by atoms with Crippen molar-refractivity contribution >= 4 is 18.3 Å². The lowest BCUT2D eigenvalue weighted by Crippen LogP contribution is -2.44.